The van der Waals surface area contributed by atoms with Crippen molar-refractivity contribution in [1.82, 2.24) is 24.9 Å². The smallest absolute Gasteiger partial charge is 0.238 e. The fourth-order valence-corrected chi connectivity index (χ4v) is 3.50. The van der Waals surface area contributed by atoms with Crippen LogP contribution in [0.3, 0.4) is 0 Å². The van der Waals surface area contributed by atoms with Gasteiger partial charge in [-0.2, -0.15) is 4.98 Å². The first-order valence-electron chi connectivity index (χ1n) is 6.74. The van der Waals surface area contributed by atoms with Crippen molar-refractivity contribution in [2.24, 2.45) is 7.05 Å². The van der Waals surface area contributed by atoms with Crippen molar-refractivity contribution >= 4 is 23.1 Å². The molecule has 0 bridgehead atoms. The van der Waals surface area contributed by atoms with Crippen molar-refractivity contribution in [1.29, 1.82) is 0 Å². The molecule has 116 valence electrons. The lowest BCUT2D eigenvalue weighted by molar-refractivity contribution is 0.390. The van der Waals surface area contributed by atoms with Gasteiger partial charge in [0.05, 0.1) is 16.9 Å². The van der Waals surface area contributed by atoms with E-state index >= 15 is 0 Å². The molecular weight excluding hydrogens is 334 g/mol. The molecular formula is C14H11N5O2S2. The molecule has 23 heavy (non-hydrogen) atoms. The summed E-state index contributed by atoms with van der Waals surface area (Å²) in [5.74, 6) is 2.92. The maximum atomic E-state index is 5.24. The monoisotopic (exact) mass is 345 g/mol. The molecule has 0 spiro atoms. The van der Waals surface area contributed by atoms with Gasteiger partial charge in [-0.05, 0) is 23.6 Å². The zero-order chi connectivity index (χ0) is 15.6. The Morgan fingerprint density at radius 3 is 3.00 bits per heavy atom. The molecule has 0 N–H and O–H groups in total. The van der Waals surface area contributed by atoms with Crippen LogP contribution in [-0.2, 0) is 12.8 Å². The second-order valence-electron chi connectivity index (χ2n) is 4.62. The first-order valence-corrected chi connectivity index (χ1v) is 8.60. The van der Waals surface area contributed by atoms with E-state index in [1.165, 1.54) is 11.8 Å². The van der Waals surface area contributed by atoms with E-state index in [4.69, 9.17) is 8.94 Å². The highest BCUT2D eigenvalue weighted by molar-refractivity contribution is 7.98. The van der Waals surface area contributed by atoms with Crippen LogP contribution < -0.4 is 0 Å². The second-order valence-corrected chi connectivity index (χ2v) is 6.51. The average Bonchev–Trinajstić information content (AvgIpc) is 3.33. The molecule has 0 saturated carbocycles. The number of nitrogens with zero attached hydrogens (tertiary/aromatic N) is 5. The predicted octanol–water partition coefficient (Wildman–Crippen LogP) is 3.48. The third-order valence-corrected chi connectivity index (χ3v) is 4.98. The van der Waals surface area contributed by atoms with Gasteiger partial charge in [-0.1, -0.05) is 23.0 Å². The van der Waals surface area contributed by atoms with Gasteiger partial charge in [-0.25, -0.2) is 0 Å². The molecule has 4 aromatic rings. The quantitative estimate of drug-likeness (QED) is 0.512. The first kappa shape index (κ1) is 14.2. The predicted molar refractivity (Wildman–Crippen MR) is 85.9 cm³/mol. The molecule has 0 saturated heterocycles. The minimum Gasteiger partial charge on any atom is -0.461 e. The van der Waals surface area contributed by atoms with Crippen LogP contribution in [0.1, 0.15) is 5.89 Å². The van der Waals surface area contributed by atoms with Crippen molar-refractivity contribution < 1.29 is 8.94 Å². The summed E-state index contributed by atoms with van der Waals surface area (Å²) < 4.78 is 12.4. The highest BCUT2D eigenvalue weighted by Crippen LogP contribution is 2.27. The molecule has 0 aliphatic carbocycles. The fourth-order valence-electron chi connectivity index (χ4n) is 2.01. The topological polar surface area (TPSA) is 82.8 Å². The molecule has 4 rings (SSSR count). The van der Waals surface area contributed by atoms with E-state index < -0.39 is 0 Å². The van der Waals surface area contributed by atoms with Crippen molar-refractivity contribution in [3.63, 3.8) is 0 Å². The third-order valence-electron chi connectivity index (χ3n) is 3.11. The van der Waals surface area contributed by atoms with Gasteiger partial charge in [-0.15, -0.1) is 21.5 Å². The number of aromatic nitrogens is 5. The Labute approximate surface area is 139 Å². The minimum absolute atomic E-state index is 0.447. The summed E-state index contributed by atoms with van der Waals surface area (Å²) in [5, 5.41) is 15.2. The van der Waals surface area contributed by atoms with Crippen LogP contribution in [-0.4, -0.2) is 24.9 Å². The molecule has 0 fully saturated rings. The molecule has 0 radical (unpaired) electrons. The zero-order valence-corrected chi connectivity index (χ0v) is 13.7. The Bertz CT molecular complexity index is 896. The van der Waals surface area contributed by atoms with Crippen LogP contribution in [0.5, 0.6) is 0 Å². The summed E-state index contributed by atoms with van der Waals surface area (Å²) in [6.07, 6.45) is 1.58. The Kier molecular flexibility index (Phi) is 3.72. The zero-order valence-electron chi connectivity index (χ0n) is 12.0. The van der Waals surface area contributed by atoms with Gasteiger partial charge in [-0.3, -0.25) is 0 Å². The summed E-state index contributed by atoms with van der Waals surface area (Å²) in [6, 6.07) is 7.59. The highest BCUT2D eigenvalue weighted by atomic mass is 32.2. The molecule has 0 aromatic carbocycles. The Balaban J connectivity index is 1.48. The number of rotatable bonds is 5. The van der Waals surface area contributed by atoms with Crippen molar-refractivity contribution in [3.8, 4) is 22.3 Å². The van der Waals surface area contributed by atoms with Gasteiger partial charge < -0.3 is 13.5 Å². The molecule has 0 amide bonds. The maximum absolute atomic E-state index is 5.24. The third kappa shape index (κ3) is 2.80. The van der Waals surface area contributed by atoms with Gasteiger partial charge in [0.25, 0.3) is 0 Å². The van der Waals surface area contributed by atoms with Crippen LogP contribution in [0.2, 0.25) is 0 Å². The standard InChI is InChI=1S/C14H11N5O2S2/c1-19-13(10-5-3-7-22-10)16-17-14(19)23-8-11-15-12(18-21-11)9-4-2-6-20-9/h2-7H,8H2,1H3. The molecule has 4 heterocycles. The summed E-state index contributed by atoms with van der Waals surface area (Å²) in [7, 11) is 1.94. The van der Waals surface area contributed by atoms with E-state index in [-0.39, 0.29) is 0 Å². The summed E-state index contributed by atoms with van der Waals surface area (Å²) in [4.78, 5) is 5.39. The number of hydrogen-bond acceptors (Lipinski definition) is 8. The van der Waals surface area contributed by atoms with E-state index in [2.05, 4.69) is 20.3 Å². The van der Waals surface area contributed by atoms with Gasteiger partial charge in [0, 0.05) is 7.05 Å². The van der Waals surface area contributed by atoms with E-state index in [1.807, 2.05) is 29.1 Å². The van der Waals surface area contributed by atoms with Crippen LogP contribution in [0, 0.1) is 0 Å². The van der Waals surface area contributed by atoms with E-state index in [1.54, 1.807) is 29.7 Å². The summed E-state index contributed by atoms with van der Waals surface area (Å²) in [5.41, 5.74) is 0. The molecule has 0 aliphatic heterocycles. The van der Waals surface area contributed by atoms with E-state index in [9.17, 15) is 0 Å². The molecule has 0 atom stereocenters. The lowest BCUT2D eigenvalue weighted by Gasteiger charge is -2.00. The molecule has 9 heteroatoms. The van der Waals surface area contributed by atoms with Crippen LogP contribution in [0.25, 0.3) is 22.3 Å². The SMILES string of the molecule is Cn1c(SCc2nc(-c3ccco3)no2)nnc1-c1cccs1. The number of furan rings is 1. The summed E-state index contributed by atoms with van der Waals surface area (Å²) >= 11 is 3.13. The minimum atomic E-state index is 0.447. The van der Waals surface area contributed by atoms with Crippen molar-refractivity contribution in [3.05, 3.63) is 41.8 Å². The summed E-state index contributed by atoms with van der Waals surface area (Å²) in [6.45, 7) is 0. The second kappa shape index (κ2) is 6.01. The lowest BCUT2D eigenvalue weighted by atomic mass is 10.4. The molecule has 0 aliphatic rings. The van der Waals surface area contributed by atoms with Gasteiger partial charge in [0.1, 0.15) is 0 Å². The van der Waals surface area contributed by atoms with Crippen LogP contribution in [0.15, 0.2) is 50.0 Å². The van der Waals surface area contributed by atoms with E-state index in [0.29, 0.717) is 23.2 Å². The Morgan fingerprint density at radius 1 is 1.26 bits per heavy atom. The van der Waals surface area contributed by atoms with Gasteiger partial charge in [0.15, 0.2) is 16.7 Å². The van der Waals surface area contributed by atoms with Gasteiger partial charge >= 0.3 is 0 Å². The van der Waals surface area contributed by atoms with Crippen molar-refractivity contribution in [2.45, 2.75) is 10.9 Å². The largest absolute Gasteiger partial charge is 0.461 e. The maximum Gasteiger partial charge on any atom is 0.238 e. The van der Waals surface area contributed by atoms with Gasteiger partial charge in [0.2, 0.25) is 11.7 Å². The van der Waals surface area contributed by atoms with Crippen LogP contribution in [0.4, 0.5) is 0 Å². The number of hydrogen-bond donors (Lipinski definition) is 0. The fraction of sp³-hybridized carbons (Fsp3) is 0.143. The lowest BCUT2D eigenvalue weighted by Crippen LogP contribution is -1.94. The number of thioether (sulfide) groups is 1. The average molecular weight is 345 g/mol. The van der Waals surface area contributed by atoms with E-state index in [0.717, 1.165) is 15.9 Å². The highest BCUT2D eigenvalue weighted by Gasteiger charge is 2.15. The molecule has 7 nitrogen and oxygen atoms in total. The Hall–Kier alpha value is -2.39. The number of thiophene rings is 1. The van der Waals surface area contributed by atoms with Crippen molar-refractivity contribution in [2.75, 3.05) is 0 Å². The normalized spacial score (nSPS) is 11.2. The van der Waals surface area contributed by atoms with Crippen LogP contribution >= 0.6 is 23.1 Å². The molecule has 0 unspecified atom stereocenters. The molecule has 4 aromatic heterocycles. The first-order chi connectivity index (χ1) is 11.3. The Morgan fingerprint density at radius 2 is 2.22 bits per heavy atom.